The van der Waals surface area contributed by atoms with Gasteiger partial charge in [-0.3, -0.25) is 20.4 Å². The van der Waals surface area contributed by atoms with Crippen LogP contribution in [0.5, 0.6) is 0 Å². The minimum Gasteiger partial charge on any atom is -0.273 e. The summed E-state index contributed by atoms with van der Waals surface area (Å²) in [7, 11) is 0. The molecule has 2 N–H and O–H groups in total. The van der Waals surface area contributed by atoms with Gasteiger partial charge in [0.05, 0.1) is 5.75 Å². The van der Waals surface area contributed by atoms with Gasteiger partial charge in [0.25, 0.3) is 0 Å². The molecule has 2 heterocycles. The normalized spacial score (nSPS) is 21.6. The molecule has 0 aromatic carbocycles. The summed E-state index contributed by atoms with van der Waals surface area (Å²) in [6.45, 7) is 2.32. The molecule has 6 nitrogen and oxygen atoms in total. The van der Waals surface area contributed by atoms with Gasteiger partial charge in [0.15, 0.2) is 0 Å². The Morgan fingerprint density at radius 3 is 2.65 bits per heavy atom. The van der Waals surface area contributed by atoms with Crippen molar-refractivity contribution in [3.05, 3.63) is 16.3 Å². The molecule has 166 valence electrons. The summed E-state index contributed by atoms with van der Waals surface area (Å²) in [5.41, 5.74) is 6.64. The van der Waals surface area contributed by atoms with E-state index in [0.29, 0.717) is 11.8 Å². The summed E-state index contributed by atoms with van der Waals surface area (Å²) < 4.78 is 0. The molecule has 31 heavy (non-hydrogen) atoms. The number of carbonyl (C=O) groups is 2. The zero-order chi connectivity index (χ0) is 21.4. The van der Waals surface area contributed by atoms with Crippen molar-refractivity contribution in [2.45, 2.75) is 82.1 Å². The number of aromatic nitrogens is 2. The predicted octanol–water partition coefficient (Wildman–Crippen LogP) is 4.51. The summed E-state index contributed by atoms with van der Waals surface area (Å²) in [6, 6.07) is 0. The second kappa shape index (κ2) is 9.06. The molecule has 2 aromatic rings. The Hall–Kier alpha value is -1.67. The number of hydrogen-bond donors (Lipinski definition) is 2. The molecule has 8 heteroatoms. The number of rotatable bonds is 5. The fourth-order valence-electron chi connectivity index (χ4n) is 4.72. The highest BCUT2D eigenvalue weighted by atomic mass is 32.2. The van der Waals surface area contributed by atoms with E-state index in [0.717, 1.165) is 67.0 Å². The number of carbonyl (C=O) groups excluding carboxylic acids is 2. The van der Waals surface area contributed by atoms with Gasteiger partial charge in [-0.05, 0) is 56.4 Å². The van der Waals surface area contributed by atoms with E-state index in [1.807, 2.05) is 11.3 Å². The largest absolute Gasteiger partial charge is 0.273 e. The molecule has 0 unspecified atom stereocenters. The van der Waals surface area contributed by atoms with Crippen LogP contribution in [-0.2, 0) is 22.4 Å². The standard InChI is InChI=1S/C23H30N4O2S2/c1-13-7-10-16-17(11-13)31-23-19(16)22(24-20(25-23)14-8-9-14)30-12-18(28)26-27-21(29)15-5-3-2-4-6-15/h13-15H,2-12H2,1H3,(H,26,28)(H,27,29)/t13-/m0/s1. The van der Waals surface area contributed by atoms with Gasteiger partial charge in [-0.15, -0.1) is 11.3 Å². The summed E-state index contributed by atoms with van der Waals surface area (Å²) in [4.78, 5) is 37.1. The molecule has 2 saturated carbocycles. The first-order chi connectivity index (χ1) is 15.1. The molecule has 1 atom stereocenters. The Kier molecular flexibility index (Phi) is 6.19. The number of thiophene rings is 1. The van der Waals surface area contributed by atoms with E-state index in [1.165, 1.54) is 40.4 Å². The Labute approximate surface area is 191 Å². The fourth-order valence-corrected chi connectivity index (χ4v) is 7.04. The van der Waals surface area contributed by atoms with Gasteiger partial charge in [0, 0.05) is 22.1 Å². The molecule has 0 radical (unpaired) electrons. The zero-order valence-corrected chi connectivity index (χ0v) is 19.7. The Morgan fingerprint density at radius 1 is 1.06 bits per heavy atom. The minimum absolute atomic E-state index is 0.0315. The number of fused-ring (bicyclic) bond motifs is 3. The first kappa shape index (κ1) is 21.2. The third-order valence-corrected chi connectivity index (χ3v) is 8.85. The Balaban J connectivity index is 1.28. The van der Waals surface area contributed by atoms with Crippen LogP contribution in [0.2, 0.25) is 0 Å². The lowest BCUT2D eigenvalue weighted by atomic mass is 9.89. The second-order valence-electron chi connectivity index (χ2n) is 9.35. The van der Waals surface area contributed by atoms with Crippen LogP contribution in [0.25, 0.3) is 10.2 Å². The van der Waals surface area contributed by atoms with Crippen molar-refractivity contribution in [2.75, 3.05) is 5.75 Å². The summed E-state index contributed by atoms with van der Waals surface area (Å²) in [6.07, 6.45) is 10.9. The van der Waals surface area contributed by atoms with E-state index in [2.05, 4.69) is 17.8 Å². The van der Waals surface area contributed by atoms with Crippen molar-refractivity contribution in [1.82, 2.24) is 20.8 Å². The van der Waals surface area contributed by atoms with E-state index in [-0.39, 0.29) is 23.5 Å². The maximum atomic E-state index is 12.5. The van der Waals surface area contributed by atoms with Gasteiger partial charge in [0.1, 0.15) is 15.7 Å². The average Bonchev–Trinajstić information content (AvgIpc) is 3.57. The number of aryl methyl sites for hydroxylation is 1. The third-order valence-electron chi connectivity index (χ3n) is 6.72. The van der Waals surface area contributed by atoms with Gasteiger partial charge >= 0.3 is 0 Å². The molecule has 3 aliphatic carbocycles. The van der Waals surface area contributed by atoms with Crippen LogP contribution in [0.4, 0.5) is 0 Å². The molecule has 2 aromatic heterocycles. The average molecular weight is 459 g/mol. The van der Waals surface area contributed by atoms with Crippen LogP contribution in [0.3, 0.4) is 0 Å². The van der Waals surface area contributed by atoms with Crippen molar-refractivity contribution in [2.24, 2.45) is 11.8 Å². The van der Waals surface area contributed by atoms with Gasteiger partial charge in [-0.2, -0.15) is 0 Å². The molecule has 2 fully saturated rings. The number of nitrogens with one attached hydrogen (secondary N) is 2. The minimum atomic E-state index is -0.188. The smallest absolute Gasteiger partial charge is 0.248 e. The number of nitrogens with zero attached hydrogens (tertiary/aromatic N) is 2. The molecule has 0 spiro atoms. The summed E-state index contributed by atoms with van der Waals surface area (Å²) >= 11 is 3.29. The molecule has 5 rings (SSSR count). The van der Waals surface area contributed by atoms with E-state index in [9.17, 15) is 9.59 Å². The molecule has 0 bridgehead atoms. The van der Waals surface area contributed by atoms with Crippen LogP contribution < -0.4 is 10.9 Å². The Bertz CT molecular complexity index is 995. The second-order valence-corrected chi connectivity index (χ2v) is 11.4. The van der Waals surface area contributed by atoms with Gasteiger partial charge in [0.2, 0.25) is 11.8 Å². The molecule has 2 amide bonds. The van der Waals surface area contributed by atoms with Gasteiger partial charge in [-0.25, -0.2) is 9.97 Å². The SMILES string of the molecule is C[C@H]1CCc2c(sc3nc(C4CC4)nc(SCC(=O)NNC(=O)C4CCCCC4)c23)C1. The van der Waals surface area contributed by atoms with Crippen molar-refractivity contribution in [3.63, 3.8) is 0 Å². The van der Waals surface area contributed by atoms with Crippen molar-refractivity contribution in [3.8, 4) is 0 Å². The van der Waals surface area contributed by atoms with E-state index >= 15 is 0 Å². The van der Waals surface area contributed by atoms with E-state index in [4.69, 9.17) is 9.97 Å². The van der Waals surface area contributed by atoms with Crippen LogP contribution >= 0.6 is 23.1 Å². The first-order valence-electron chi connectivity index (χ1n) is 11.6. The van der Waals surface area contributed by atoms with Crippen LogP contribution in [0, 0.1) is 11.8 Å². The lowest BCUT2D eigenvalue weighted by molar-refractivity contribution is -0.131. The topological polar surface area (TPSA) is 84.0 Å². The fraction of sp³-hybridized carbons (Fsp3) is 0.652. The van der Waals surface area contributed by atoms with Crippen molar-refractivity contribution >= 4 is 45.1 Å². The molecule has 0 saturated heterocycles. The highest BCUT2D eigenvalue weighted by Gasteiger charge is 2.30. The quantitative estimate of drug-likeness (QED) is 0.391. The maximum Gasteiger partial charge on any atom is 0.248 e. The highest BCUT2D eigenvalue weighted by molar-refractivity contribution is 8.00. The predicted molar refractivity (Wildman–Crippen MR) is 124 cm³/mol. The van der Waals surface area contributed by atoms with Crippen molar-refractivity contribution in [1.29, 1.82) is 0 Å². The Morgan fingerprint density at radius 2 is 1.87 bits per heavy atom. The van der Waals surface area contributed by atoms with Gasteiger partial charge in [-0.1, -0.05) is 37.9 Å². The number of amides is 2. The van der Waals surface area contributed by atoms with Gasteiger partial charge < -0.3 is 0 Å². The molecular weight excluding hydrogens is 428 g/mol. The maximum absolute atomic E-state index is 12.5. The number of hydrogen-bond acceptors (Lipinski definition) is 6. The summed E-state index contributed by atoms with van der Waals surface area (Å²) in [5, 5.41) is 2.10. The number of thioether (sulfide) groups is 1. The lowest BCUT2D eigenvalue weighted by Gasteiger charge is -2.20. The lowest BCUT2D eigenvalue weighted by Crippen LogP contribution is -2.45. The highest BCUT2D eigenvalue weighted by Crippen LogP contribution is 2.44. The van der Waals surface area contributed by atoms with Crippen LogP contribution in [0.1, 0.15) is 80.5 Å². The molecule has 0 aliphatic heterocycles. The molecule has 3 aliphatic rings. The molecular formula is C23H30N4O2S2. The zero-order valence-electron chi connectivity index (χ0n) is 18.0. The van der Waals surface area contributed by atoms with Crippen molar-refractivity contribution < 1.29 is 9.59 Å². The first-order valence-corrected chi connectivity index (χ1v) is 13.4. The summed E-state index contributed by atoms with van der Waals surface area (Å²) in [5.74, 6) is 2.15. The number of hydrazine groups is 1. The van der Waals surface area contributed by atoms with Crippen LogP contribution in [0.15, 0.2) is 5.03 Å². The van der Waals surface area contributed by atoms with E-state index in [1.54, 1.807) is 0 Å². The van der Waals surface area contributed by atoms with Crippen LogP contribution in [-0.4, -0.2) is 27.5 Å². The van der Waals surface area contributed by atoms with E-state index < -0.39 is 0 Å². The monoisotopic (exact) mass is 458 g/mol. The third kappa shape index (κ3) is 4.75.